The van der Waals surface area contributed by atoms with E-state index in [1.54, 1.807) is 4.68 Å². The molecule has 2 heterocycles. The van der Waals surface area contributed by atoms with Crippen molar-refractivity contribution in [1.82, 2.24) is 30.5 Å². The van der Waals surface area contributed by atoms with E-state index in [0.717, 1.165) is 5.69 Å². The summed E-state index contributed by atoms with van der Waals surface area (Å²) in [5, 5.41) is 14.8. The summed E-state index contributed by atoms with van der Waals surface area (Å²) in [4.78, 5) is 3.91. The summed E-state index contributed by atoms with van der Waals surface area (Å²) >= 11 is 0. The van der Waals surface area contributed by atoms with E-state index in [1.165, 1.54) is 6.33 Å². The van der Waals surface area contributed by atoms with Crippen molar-refractivity contribution in [2.75, 3.05) is 0 Å². The molecule has 0 unspecified atom stereocenters. The van der Waals surface area contributed by atoms with Crippen LogP contribution in [0.1, 0.15) is 25.4 Å². The highest BCUT2D eigenvalue weighted by Crippen LogP contribution is 1.98. The smallest absolute Gasteiger partial charge is 0.248 e. The largest absolute Gasteiger partial charge is 0.338 e. The molecule has 86 valence electrons. The molecule has 2 aromatic rings. The van der Waals surface area contributed by atoms with Crippen molar-refractivity contribution >= 4 is 0 Å². The van der Waals surface area contributed by atoms with E-state index >= 15 is 0 Å². The van der Waals surface area contributed by atoms with Crippen LogP contribution in [0, 0.1) is 0 Å². The summed E-state index contributed by atoms with van der Waals surface area (Å²) in [5.74, 6) is 0.522. The van der Waals surface area contributed by atoms with Crippen LogP contribution in [0.15, 0.2) is 17.0 Å². The molecule has 0 fully saturated rings. The van der Waals surface area contributed by atoms with Gasteiger partial charge in [-0.05, 0) is 0 Å². The number of nitrogens with one attached hydrogen (secondary N) is 1. The van der Waals surface area contributed by atoms with Gasteiger partial charge in [0.1, 0.15) is 6.54 Å². The summed E-state index contributed by atoms with van der Waals surface area (Å²) in [6.45, 7) is 5.34. The molecule has 0 atom stereocenters. The highest BCUT2D eigenvalue weighted by atomic mass is 16.5. The van der Waals surface area contributed by atoms with Crippen LogP contribution in [-0.4, -0.2) is 31.2 Å². The maximum Gasteiger partial charge on any atom is 0.248 e. The van der Waals surface area contributed by atoms with Gasteiger partial charge in [-0.15, -0.1) is 5.10 Å². The summed E-state index contributed by atoms with van der Waals surface area (Å²) in [6.07, 6.45) is 3.23. The minimum atomic E-state index is 0.432. The lowest BCUT2D eigenvalue weighted by Gasteiger charge is -2.03. The van der Waals surface area contributed by atoms with Crippen molar-refractivity contribution in [2.24, 2.45) is 0 Å². The Kier molecular flexibility index (Phi) is 3.25. The van der Waals surface area contributed by atoms with Gasteiger partial charge >= 0.3 is 0 Å². The lowest BCUT2D eigenvalue weighted by Crippen LogP contribution is -2.21. The standard InChI is InChI=1S/C9H14N6O/c1-7(2)10-3-8-4-15(14-13-8)5-9-11-6-12-16-9/h4,6-7,10H,3,5H2,1-2H3. The summed E-state index contributed by atoms with van der Waals surface area (Å²) in [6, 6.07) is 0.432. The molecule has 0 spiro atoms. The van der Waals surface area contributed by atoms with Gasteiger partial charge in [0.2, 0.25) is 5.89 Å². The van der Waals surface area contributed by atoms with Crippen LogP contribution >= 0.6 is 0 Å². The Bertz CT molecular complexity index is 421. The second kappa shape index (κ2) is 4.84. The Hall–Kier alpha value is -1.76. The first-order chi connectivity index (χ1) is 7.74. The Labute approximate surface area is 92.8 Å². The van der Waals surface area contributed by atoms with Gasteiger partial charge < -0.3 is 9.84 Å². The van der Waals surface area contributed by atoms with E-state index in [2.05, 4.69) is 39.6 Å². The Balaban J connectivity index is 1.92. The third-order valence-electron chi connectivity index (χ3n) is 1.98. The maximum absolute atomic E-state index is 4.88. The second-order valence-corrected chi connectivity index (χ2v) is 3.78. The number of hydrogen-bond acceptors (Lipinski definition) is 6. The van der Waals surface area contributed by atoms with Crippen LogP contribution in [0.25, 0.3) is 0 Å². The van der Waals surface area contributed by atoms with Gasteiger partial charge in [0.25, 0.3) is 0 Å². The fourth-order valence-electron chi connectivity index (χ4n) is 1.21. The van der Waals surface area contributed by atoms with Gasteiger partial charge in [-0.3, -0.25) is 0 Å². The predicted octanol–water partition coefficient (Wildman–Crippen LogP) is 0.207. The van der Waals surface area contributed by atoms with Crippen molar-refractivity contribution in [3.8, 4) is 0 Å². The third-order valence-corrected chi connectivity index (χ3v) is 1.98. The molecule has 7 heteroatoms. The molecule has 0 aromatic carbocycles. The van der Waals surface area contributed by atoms with Crippen molar-refractivity contribution < 1.29 is 4.52 Å². The Morgan fingerprint density at radius 2 is 2.38 bits per heavy atom. The minimum absolute atomic E-state index is 0.432. The molecule has 0 aliphatic carbocycles. The second-order valence-electron chi connectivity index (χ2n) is 3.78. The fourth-order valence-corrected chi connectivity index (χ4v) is 1.21. The van der Waals surface area contributed by atoms with Gasteiger partial charge in [0.05, 0.1) is 11.9 Å². The molecule has 0 saturated heterocycles. The van der Waals surface area contributed by atoms with Crippen LogP contribution in [0.5, 0.6) is 0 Å². The van der Waals surface area contributed by atoms with Crippen LogP contribution in [0.3, 0.4) is 0 Å². The van der Waals surface area contributed by atoms with E-state index in [4.69, 9.17) is 4.52 Å². The van der Waals surface area contributed by atoms with Crippen LogP contribution in [0.2, 0.25) is 0 Å². The molecule has 0 radical (unpaired) electrons. The zero-order valence-electron chi connectivity index (χ0n) is 9.29. The lowest BCUT2D eigenvalue weighted by molar-refractivity contribution is 0.363. The molecule has 2 rings (SSSR count). The van der Waals surface area contributed by atoms with E-state index in [0.29, 0.717) is 25.0 Å². The topological polar surface area (TPSA) is 81.7 Å². The average Bonchev–Trinajstić information content (AvgIpc) is 2.87. The average molecular weight is 222 g/mol. The first-order valence-electron chi connectivity index (χ1n) is 5.12. The van der Waals surface area contributed by atoms with Crippen LogP contribution in [0.4, 0.5) is 0 Å². The number of hydrogen-bond donors (Lipinski definition) is 1. The summed E-state index contributed by atoms with van der Waals surface area (Å²) in [5.41, 5.74) is 0.896. The van der Waals surface area contributed by atoms with Crippen molar-refractivity contribution in [2.45, 2.75) is 33.0 Å². The molecular formula is C9H14N6O. The first kappa shape index (κ1) is 10.7. The van der Waals surface area contributed by atoms with Gasteiger partial charge in [-0.1, -0.05) is 24.2 Å². The minimum Gasteiger partial charge on any atom is -0.338 e. The van der Waals surface area contributed by atoms with E-state index in [1.807, 2.05) is 6.20 Å². The van der Waals surface area contributed by atoms with Crippen LogP contribution < -0.4 is 5.32 Å². The van der Waals surface area contributed by atoms with Gasteiger partial charge in [-0.2, -0.15) is 4.98 Å². The molecule has 16 heavy (non-hydrogen) atoms. The van der Waals surface area contributed by atoms with Gasteiger partial charge in [0.15, 0.2) is 6.33 Å². The molecule has 0 saturated carbocycles. The Morgan fingerprint density at radius 3 is 3.06 bits per heavy atom. The van der Waals surface area contributed by atoms with E-state index < -0.39 is 0 Å². The Morgan fingerprint density at radius 1 is 1.50 bits per heavy atom. The molecule has 0 aliphatic heterocycles. The van der Waals surface area contributed by atoms with Crippen LogP contribution in [-0.2, 0) is 13.1 Å². The zero-order valence-corrected chi connectivity index (χ0v) is 9.29. The fraction of sp³-hybridized carbons (Fsp3) is 0.556. The number of aromatic nitrogens is 5. The first-order valence-corrected chi connectivity index (χ1v) is 5.12. The zero-order chi connectivity index (χ0) is 11.4. The lowest BCUT2D eigenvalue weighted by atomic mass is 10.3. The van der Waals surface area contributed by atoms with Crippen molar-refractivity contribution in [3.63, 3.8) is 0 Å². The molecule has 2 aromatic heterocycles. The highest BCUT2D eigenvalue weighted by molar-refractivity contribution is 4.93. The summed E-state index contributed by atoms with van der Waals surface area (Å²) < 4.78 is 6.55. The SMILES string of the molecule is CC(C)NCc1cn(Cc2ncno2)nn1. The molecule has 1 N–H and O–H groups in total. The highest BCUT2D eigenvalue weighted by Gasteiger charge is 2.04. The molecule has 0 bridgehead atoms. The van der Waals surface area contributed by atoms with Gasteiger partial charge in [-0.25, -0.2) is 4.68 Å². The van der Waals surface area contributed by atoms with Gasteiger partial charge in [0, 0.05) is 12.6 Å². The predicted molar refractivity (Wildman–Crippen MR) is 55.4 cm³/mol. The van der Waals surface area contributed by atoms with Crippen molar-refractivity contribution in [1.29, 1.82) is 0 Å². The van der Waals surface area contributed by atoms with E-state index in [9.17, 15) is 0 Å². The summed E-state index contributed by atoms with van der Waals surface area (Å²) in [7, 11) is 0. The molecular weight excluding hydrogens is 208 g/mol. The third kappa shape index (κ3) is 2.86. The molecule has 0 amide bonds. The van der Waals surface area contributed by atoms with Crippen molar-refractivity contribution in [3.05, 3.63) is 24.1 Å². The number of rotatable bonds is 5. The quantitative estimate of drug-likeness (QED) is 0.778. The molecule has 0 aliphatic rings. The monoisotopic (exact) mass is 222 g/mol. The molecule has 7 nitrogen and oxygen atoms in total. The van der Waals surface area contributed by atoms with E-state index in [-0.39, 0.29) is 0 Å². The number of nitrogens with zero attached hydrogens (tertiary/aromatic N) is 5. The maximum atomic E-state index is 4.88. The normalized spacial score (nSPS) is 11.2.